The maximum Gasteiger partial charge on any atom is 0.319 e. The fourth-order valence-electron chi connectivity index (χ4n) is 2.62. The molecule has 0 saturated heterocycles. The number of urea groups is 1. The molecule has 1 aromatic heterocycles. The van der Waals surface area contributed by atoms with Crippen LogP contribution < -0.4 is 20.1 Å². The molecular formula is C20H21N3O3. The van der Waals surface area contributed by atoms with Gasteiger partial charge in [-0.2, -0.15) is 0 Å². The van der Waals surface area contributed by atoms with Crippen LogP contribution in [0.2, 0.25) is 0 Å². The third kappa shape index (κ3) is 4.16. The van der Waals surface area contributed by atoms with Crippen LogP contribution in [0.5, 0.6) is 11.5 Å². The first-order valence-corrected chi connectivity index (χ1v) is 8.19. The summed E-state index contributed by atoms with van der Waals surface area (Å²) in [6.07, 6.45) is 3.91. The predicted octanol–water partition coefficient (Wildman–Crippen LogP) is 3.82. The van der Waals surface area contributed by atoms with Crippen LogP contribution in [-0.2, 0) is 6.54 Å². The Labute approximate surface area is 152 Å². The predicted molar refractivity (Wildman–Crippen MR) is 101 cm³/mol. The van der Waals surface area contributed by atoms with Gasteiger partial charge in [-0.15, -0.1) is 0 Å². The second kappa shape index (κ2) is 8.11. The van der Waals surface area contributed by atoms with Crippen molar-refractivity contribution in [1.29, 1.82) is 0 Å². The lowest BCUT2D eigenvalue weighted by Crippen LogP contribution is -2.28. The highest BCUT2D eigenvalue weighted by atomic mass is 16.5. The van der Waals surface area contributed by atoms with E-state index in [4.69, 9.17) is 9.47 Å². The molecular weight excluding hydrogens is 330 g/mol. The Balaban J connectivity index is 1.64. The molecule has 26 heavy (non-hydrogen) atoms. The summed E-state index contributed by atoms with van der Waals surface area (Å²) >= 11 is 0. The molecule has 0 unspecified atom stereocenters. The van der Waals surface area contributed by atoms with Gasteiger partial charge in [-0.3, -0.25) is 0 Å². The molecule has 6 nitrogen and oxygen atoms in total. The number of nitrogens with zero attached hydrogens (tertiary/aromatic N) is 1. The molecule has 0 radical (unpaired) electrons. The molecule has 2 amide bonds. The number of aromatic nitrogens is 1. The Hall–Kier alpha value is -3.41. The number of hydrogen-bond donors (Lipinski definition) is 2. The highest BCUT2D eigenvalue weighted by molar-refractivity contribution is 5.89. The van der Waals surface area contributed by atoms with Crippen LogP contribution in [0.4, 0.5) is 10.5 Å². The van der Waals surface area contributed by atoms with Crippen LogP contribution in [0, 0.1) is 0 Å². The van der Waals surface area contributed by atoms with E-state index in [1.54, 1.807) is 14.2 Å². The number of anilines is 1. The number of benzene rings is 2. The number of nitrogens with one attached hydrogen (secondary N) is 2. The summed E-state index contributed by atoms with van der Waals surface area (Å²) in [7, 11) is 3.20. The lowest BCUT2D eigenvalue weighted by Gasteiger charge is -2.12. The van der Waals surface area contributed by atoms with E-state index >= 15 is 0 Å². The minimum Gasteiger partial charge on any atom is -0.497 e. The van der Waals surface area contributed by atoms with E-state index in [1.165, 1.54) is 0 Å². The Morgan fingerprint density at radius 1 is 1.00 bits per heavy atom. The molecule has 3 rings (SSSR count). The van der Waals surface area contributed by atoms with Gasteiger partial charge in [0.05, 0.1) is 14.2 Å². The first-order chi connectivity index (χ1) is 12.7. The molecule has 0 aliphatic rings. The number of methoxy groups -OCH3 is 2. The number of carbonyl (C=O) groups excluding carboxylic acids is 1. The molecule has 0 aliphatic carbocycles. The van der Waals surface area contributed by atoms with Crippen molar-refractivity contribution in [3.8, 4) is 17.2 Å². The molecule has 0 bridgehead atoms. The van der Waals surface area contributed by atoms with E-state index in [1.807, 2.05) is 71.6 Å². The molecule has 0 fully saturated rings. The third-order valence-corrected chi connectivity index (χ3v) is 3.93. The maximum absolute atomic E-state index is 12.2. The average molecular weight is 351 g/mol. The lowest BCUT2D eigenvalue weighted by molar-refractivity contribution is 0.251. The van der Waals surface area contributed by atoms with Crippen molar-refractivity contribution in [2.24, 2.45) is 0 Å². The summed E-state index contributed by atoms with van der Waals surface area (Å²) in [6.45, 7) is 0.323. The van der Waals surface area contributed by atoms with Gasteiger partial charge in [0, 0.05) is 35.9 Å². The van der Waals surface area contributed by atoms with Gasteiger partial charge in [-0.25, -0.2) is 4.79 Å². The highest BCUT2D eigenvalue weighted by Crippen LogP contribution is 2.23. The Kier molecular flexibility index (Phi) is 5.43. The standard InChI is InChI=1S/C20H21N3O3/c1-25-18-8-9-19(26-2)15(12-18)14-21-20(24)22-16-6-5-7-17(13-16)23-10-3-4-11-23/h3-13H,14H2,1-2H3,(H2,21,22,24). The summed E-state index contributed by atoms with van der Waals surface area (Å²) in [6, 6.07) is 16.7. The number of ether oxygens (including phenoxy) is 2. The van der Waals surface area contributed by atoms with E-state index in [9.17, 15) is 4.79 Å². The number of carbonyl (C=O) groups is 1. The van der Waals surface area contributed by atoms with Gasteiger partial charge in [-0.1, -0.05) is 6.07 Å². The first-order valence-electron chi connectivity index (χ1n) is 8.19. The number of amides is 2. The van der Waals surface area contributed by atoms with Crippen LogP contribution in [0.1, 0.15) is 5.56 Å². The summed E-state index contributed by atoms with van der Waals surface area (Å²) in [5, 5.41) is 5.68. The normalized spacial score (nSPS) is 10.2. The van der Waals surface area contributed by atoms with E-state index in [0.29, 0.717) is 23.7 Å². The quantitative estimate of drug-likeness (QED) is 0.710. The van der Waals surface area contributed by atoms with Gasteiger partial charge >= 0.3 is 6.03 Å². The monoisotopic (exact) mass is 351 g/mol. The van der Waals surface area contributed by atoms with Crippen LogP contribution in [0.15, 0.2) is 67.0 Å². The fourth-order valence-corrected chi connectivity index (χ4v) is 2.62. The second-order valence-corrected chi connectivity index (χ2v) is 5.63. The topological polar surface area (TPSA) is 64.5 Å². The van der Waals surface area contributed by atoms with Crippen LogP contribution in [0.3, 0.4) is 0 Å². The summed E-state index contributed by atoms with van der Waals surface area (Å²) in [5.41, 5.74) is 2.52. The van der Waals surface area contributed by atoms with Crippen molar-refractivity contribution in [2.45, 2.75) is 6.54 Å². The number of rotatable bonds is 6. The Morgan fingerprint density at radius 2 is 1.81 bits per heavy atom. The van der Waals surface area contributed by atoms with Gasteiger partial charge in [0.25, 0.3) is 0 Å². The Morgan fingerprint density at radius 3 is 2.54 bits per heavy atom. The summed E-state index contributed by atoms with van der Waals surface area (Å²) in [5.74, 6) is 1.41. The summed E-state index contributed by atoms with van der Waals surface area (Å²) < 4.78 is 12.5. The molecule has 1 heterocycles. The van der Waals surface area contributed by atoms with E-state index in [-0.39, 0.29) is 6.03 Å². The van der Waals surface area contributed by atoms with Crippen LogP contribution >= 0.6 is 0 Å². The van der Waals surface area contributed by atoms with E-state index in [2.05, 4.69) is 10.6 Å². The van der Waals surface area contributed by atoms with Crippen molar-refractivity contribution in [3.63, 3.8) is 0 Å². The number of hydrogen-bond acceptors (Lipinski definition) is 3. The molecule has 0 spiro atoms. The molecule has 3 aromatic rings. The van der Waals surface area contributed by atoms with Gasteiger partial charge in [0.15, 0.2) is 0 Å². The van der Waals surface area contributed by atoms with Crippen LogP contribution in [-0.4, -0.2) is 24.8 Å². The molecule has 6 heteroatoms. The maximum atomic E-state index is 12.2. The fraction of sp³-hybridized carbons (Fsp3) is 0.150. The molecule has 0 saturated carbocycles. The largest absolute Gasteiger partial charge is 0.497 e. The zero-order chi connectivity index (χ0) is 18.4. The zero-order valence-electron chi connectivity index (χ0n) is 14.7. The van der Waals surface area contributed by atoms with Gasteiger partial charge in [-0.05, 0) is 48.5 Å². The van der Waals surface area contributed by atoms with Crippen molar-refractivity contribution in [3.05, 3.63) is 72.6 Å². The van der Waals surface area contributed by atoms with Crippen molar-refractivity contribution >= 4 is 11.7 Å². The minimum absolute atomic E-state index is 0.292. The third-order valence-electron chi connectivity index (χ3n) is 3.93. The molecule has 2 N–H and O–H groups in total. The minimum atomic E-state index is -0.292. The van der Waals surface area contributed by atoms with Gasteiger partial charge in [0.2, 0.25) is 0 Å². The van der Waals surface area contributed by atoms with Crippen molar-refractivity contribution < 1.29 is 14.3 Å². The zero-order valence-corrected chi connectivity index (χ0v) is 14.7. The average Bonchev–Trinajstić information content (AvgIpc) is 3.21. The Bertz CT molecular complexity index is 876. The highest BCUT2D eigenvalue weighted by Gasteiger charge is 2.08. The lowest BCUT2D eigenvalue weighted by atomic mass is 10.2. The second-order valence-electron chi connectivity index (χ2n) is 5.63. The summed E-state index contributed by atoms with van der Waals surface area (Å²) in [4.78, 5) is 12.2. The van der Waals surface area contributed by atoms with E-state index < -0.39 is 0 Å². The van der Waals surface area contributed by atoms with Crippen molar-refractivity contribution in [2.75, 3.05) is 19.5 Å². The van der Waals surface area contributed by atoms with Crippen LogP contribution in [0.25, 0.3) is 5.69 Å². The van der Waals surface area contributed by atoms with E-state index in [0.717, 1.165) is 11.3 Å². The molecule has 0 atom stereocenters. The molecule has 134 valence electrons. The van der Waals surface area contributed by atoms with Crippen molar-refractivity contribution in [1.82, 2.24) is 9.88 Å². The molecule has 0 aliphatic heterocycles. The smallest absolute Gasteiger partial charge is 0.319 e. The SMILES string of the molecule is COc1ccc(OC)c(CNC(=O)Nc2cccc(-n3cccc3)c2)c1. The van der Waals surface area contributed by atoms with Gasteiger partial charge in [0.1, 0.15) is 11.5 Å². The molecule has 2 aromatic carbocycles. The van der Waals surface area contributed by atoms with Gasteiger partial charge < -0.3 is 24.7 Å². The first kappa shape index (κ1) is 17.4.